The van der Waals surface area contributed by atoms with E-state index in [1.807, 2.05) is 19.1 Å². The van der Waals surface area contributed by atoms with E-state index in [9.17, 15) is 9.18 Å². The molecule has 0 aliphatic carbocycles. The van der Waals surface area contributed by atoms with Crippen LogP contribution in [0.2, 0.25) is 5.02 Å². The van der Waals surface area contributed by atoms with Gasteiger partial charge in [0.1, 0.15) is 5.82 Å². The van der Waals surface area contributed by atoms with E-state index in [2.05, 4.69) is 50.0 Å². The number of carbonyl (C=O) groups excluding carboxylic acids is 1. The summed E-state index contributed by atoms with van der Waals surface area (Å²) in [4.78, 5) is 15.3. The van der Waals surface area contributed by atoms with Gasteiger partial charge in [0.15, 0.2) is 0 Å². The average molecular weight is 497 g/mol. The molecule has 5 N–H and O–H groups in total. The molecule has 192 valence electrons. The summed E-state index contributed by atoms with van der Waals surface area (Å²) < 4.78 is 13.7. The molecule has 1 amide bonds. The molecular formula is C27H42ClFN2O3. The molecule has 1 heterocycles. The van der Waals surface area contributed by atoms with Crippen molar-refractivity contribution >= 4 is 17.5 Å². The number of halogens is 2. The van der Waals surface area contributed by atoms with E-state index in [0.29, 0.717) is 11.5 Å². The number of nitrogens with zero attached hydrogens (tertiary/aromatic N) is 1. The van der Waals surface area contributed by atoms with Gasteiger partial charge in [0, 0.05) is 29.7 Å². The van der Waals surface area contributed by atoms with Crippen LogP contribution < -0.4 is 5.32 Å². The largest absolute Gasteiger partial charge is 0.412 e. The van der Waals surface area contributed by atoms with Crippen LogP contribution in [0.1, 0.15) is 68.9 Å². The van der Waals surface area contributed by atoms with Gasteiger partial charge in [-0.1, -0.05) is 64.9 Å². The normalized spacial score (nSPS) is 18.2. The van der Waals surface area contributed by atoms with Crippen molar-refractivity contribution in [3.05, 3.63) is 70.0 Å². The molecule has 3 rings (SSSR count). The molecule has 7 heteroatoms. The highest BCUT2D eigenvalue weighted by Crippen LogP contribution is 2.42. The molecule has 0 bridgehead atoms. The first kappa shape index (κ1) is 32.0. The van der Waals surface area contributed by atoms with Crippen LogP contribution in [0.15, 0.2) is 42.5 Å². The van der Waals surface area contributed by atoms with Crippen LogP contribution in [0, 0.1) is 24.1 Å². The summed E-state index contributed by atoms with van der Waals surface area (Å²) in [5, 5.41) is 3.93. The third-order valence-electron chi connectivity index (χ3n) is 6.60. The lowest BCUT2D eigenvalue weighted by molar-refractivity contribution is 0.0731. The average Bonchev–Trinajstić information content (AvgIpc) is 2.69. The minimum absolute atomic E-state index is 0. The van der Waals surface area contributed by atoms with Crippen LogP contribution in [0.3, 0.4) is 0 Å². The summed E-state index contributed by atoms with van der Waals surface area (Å²) in [6.07, 6.45) is 1.07. The van der Waals surface area contributed by atoms with E-state index in [-0.39, 0.29) is 47.5 Å². The second kappa shape index (κ2) is 13.2. The Morgan fingerprint density at radius 3 is 2.35 bits per heavy atom. The Morgan fingerprint density at radius 2 is 1.79 bits per heavy atom. The Hall–Kier alpha value is -1.99. The lowest BCUT2D eigenvalue weighted by Gasteiger charge is -2.46. The Morgan fingerprint density at radius 1 is 1.18 bits per heavy atom. The Labute approximate surface area is 209 Å². The van der Waals surface area contributed by atoms with Crippen molar-refractivity contribution in [3.63, 3.8) is 0 Å². The van der Waals surface area contributed by atoms with Gasteiger partial charge in [-0.3, -0.25) is 4.79 Å². The highest BCUT2D eigenvalue weighted by atomic mass is 35.5. The number of likely N-dealkylation sites (tertiary alicyclic amines) is 1. The van der Waals surface area contributed by atoms with Gasteiger partial charge in [0.25, 0.3) is 5.91 Å². The third kappa shape index (κ3) is 7.77. The molecule has 1 saturated heterocycles. The zero-order valence-corrected chi connectivity index (χ0v) is 21.0. The van der Waals surface area contributed by atoms with E-state index in [1.54, 1.807) is 6.07 Å². The first-order valence-electron chi connectivity index (χ1n) is 11.1. The standard InChI is InChI=1S/C26H34ClFN2O.CH4.2H2O/c1-17(2)24(29-25(31)22-14-21(28)11-6-18(22)3)15-30-13-12-23(26(4,5)16-30)19-7-9-20(27)10-8-19;;;/h6-11,14,17,23-24H,12-13,15-16H2,1-5H3,(H,29,31);1H4;2*1H2/t23-,24+;;;/m1.../s1. The van der Waals surface area contributed by atoms with E-state index in [0.717, 1.165) is 36.6 Å². The summed E-state index contributed by atoms with van der Waals surface area (Å²) in [6.45, 7) is 13.4. The fourth-order valence-electron chi connectivity index (χ4n) is 4.72. The zero-order chi connectivity index (χ0) is 22.8. The van der Waals surface area contributed by atoms with Gasteiger partial charge in [0.2, 0.25) is 0 Å². The molecule has 1 aliphatic rings. The van der Waals surface area contributed by atoms with E-state index in [1.165, 1.54) is 17.7 Å². The maximum Gasteiger partial charge on any atom is 0.251 e. The van der Waals surface area contributed by atoms with Crippen molar-refractivity contribution in [2.45, 2.75) is 60.4 Å². The van der Waals surface area contributed by atoms with Gasteiger partial charge in [0.05, 0.1) is 0 Å². The molecule has 0 saturated carbocycles. The number of piperidine rings is 1. The molecule has 1 fully saturated rings. The molecule has 0 radical (unpaired) electrons. The minimum atomic E-state index is -0.386. The van der Waals surface area contributed by atoms with Crippen molar-refractivity contribution in [3.8, 4) is 0 Å². The minimum Gasteiger partial charge on any atom is -0.412 e. The highest BCUT2D eigenvalue weighted by molar-refractivity contribution is 6.30. The van der Waals surface area contributed by atoms with Crippen molar-refractivity contribution in [2.75, 3.05) is 19.6 Å². The quantitative estimate of drug-likeness (QED) is 0.606. The van der Waals surface area contributed by atoms with Crippen LogP contribution >= 0.6 is 11.6 Å². The van der Waals surface area contributed by atoms with Crippen LogP contribution in [-0.4, -0.2) is 47.4 Å². The second-order valence-corrected chi connectivity index (χ2v) is 10.3. The smallest absolute Gasteiger partial charge is 0.251 e. The first-order chi connectivity index (χ1) is 14.6. The highest BCUT2D eigenvalue weighted by Gasteiger charge is 2.37. The van der Waals surface area contributed by atoms with Crippen LogP contribution in [0.25, 0.3) is 0 Å². The van der Waals surface area contributed by atoms with Crippen molar-refractivity contribution < 1.29 is 20.1 Å². The van der Waals surface area contributed by atoms with E-state index < -0.39 is 0 Å². The predicted octanol–water partition coefficient (Wildman–Crippen LogP) is 5.04. The number of hydrogen-bond acceptors (Lipinski definition) is 2. The molecule has 0 spiro atoms. The Bertz CT molecular complexity index is 919. The monoisotopic (exact) mass is 496 g/mol. The molecule has 34 heavy (non-hydrogen) atoms. The van der Waals surface area contributed by atoms with Crippen LogP contribution in [-0.2, 0) is 0 Å². The lowest BCUT2D eigenvalue weighted by atomic mass is 9.70. The second-order valence-electron chi connectivity index (χ2n) is 9.90. The van der Waals surface area contributed by atoms with Crippen molar-refractivity contribution in [2.24, 2.45) is 11.3 Å². The van der Waals surface area contributed by atoms with Crippen molar-refractivity contribution in [1.29, 1.82) is 0 Å². The van der Waals surface area contributed by atoms with E-state index >= 15 is 0 Å². The van der Waals surface area contributed by atoms with Gasteiger partial charge in [-0.25, -0.2) is 4.39 Å². The van der Waals surface area contributed by atoms with E-state index in [4.69, 9.17) is 11.6 Å². The molecular weight excluding hydrogens is 455 g/mol. The molecule has 5 nitrogen and oxygen atoms in total. The number of nitrogens with one attached hydrogen (secondary N) is 1. The Balaban J connectivity index is 0.00000363. The van der Waals surface area contributed by atoms with Crippen molar-refractivity contribution in [1.82, 2.24) is 10.2 Å². The Kier molecular flexibility index (Phi) is 12.4. The number of carbonyl (C=O) groups is 1. The zero-order valence-electron chi connectivity index (χ0n) is 20.2. The maximum atomic E-state index is 13.7. The number of hydrogen-bond donors (Lipinski definition) is 1. The predicted molar refractivity (Wildman–Crippen MR) is 140 cm³/mol. The summed E-state index contributed by atoms with van der Waals surface area (Å²) in [5.41, 5.74) is 2.64. The number of amides is 1. The number of rotatable bonds is 6. The molecule has 2 atom stereocenters. The molecule has 2 aromatic carbocycles. The van der Waals surface area contributed by atoms with Gasteiger partial charge in [-0.15, -0.1) is 0 Å². The molecule has 0 unspecified atom stereocenters. The summed E-state index contributed by atoms with van der Waals surface area (Å²) in [5.74, 6) is 0.159. The molecule has 2 aromatic rings. The summed E-state index contributed by atoms with van der Waals surface area (Å²) in [7, 11) is 0. The number of aryl methyl sites for hydroxylation is 1. The SMILES string of the molecule is C.Cc1ccc(F)cc1C(=O)N[C@@H](CN1CC[C@H](c2ccc(Cl)cc2)C(C)(C)C1)C(C)C.O.O. The van der Waals surface area contributed by atoms with Gasteiger partial charge in [-0.05, 0) is 72.5 Å². The topological polar surface area (TPSA) is 95.3 Å². The summed E-state index contributed by atoms with van der Waals surface area (Å²) >= 11 is 6.07. The lowest BCUT2D eigenvalue weighted by Crippen LogP contribution is -2.52. The van der Waals surface area contributed by atoms with Gasteiger partial charge in [-0.2, -0.15) is 0 Å². The van der Waals surface area contributed by atoms with Gasteiger partial charge < -0.3 is 21.2 Å². The molecule has 1 aliphatic heterocycles. The maximum absolute atomic E-state index is 13.7. The van der Waals surface area contributed by atoms with Gasteiger partial charge >= 0.3 is 0 Å². The van der Waals surface area contributed by atoms with Crippen LogP contribution in [0.4, 0.5) is 4.39 Å². The fraction of sp³-hybridized carbons (Fsp3) is 0.519. The number of benzene rings is 2. The first-order valence-corrected chi connectivity index (χ1v) is 11.5. The fourth-order valence-corrected chi connectivity index (χ4v) is 4.85. The third-order valence-corrected chi connectivity index (χ3v) is 6.85. The summed E-state index contributed by atoms with van der Waals surface area (Å²) in [6, 6.07) is 12.6. The molecule has 0 aromatic heterocycles. The van der Waals surface area contributed by atoms with Crippen LogP contribution in [0.5, 0.6) is 0 Å².